The fraction of sp³-hybridized carbons (Fsp3) is 0.312. The number of methoxy groups -OCH3 is 1. The second-order valence-corrected chi connectivity index (χ2v) is 5.03. The SMILES string of the molecule is COc1ccc(C)cc1-c1ccc(C(C)N)c(=O)n1C. The largest absolute Gasteiger partial charge is 0.496 e. The van der Waals surface area contributed by atoms with E-state index in [2.05, 4.69) is 0 Å². The summed E-state index contributed by atoms with van der Waals surface area (Å²) in [5.74, 6) is 0.749. The van der Waals surface area contributed by atoms with Gasteiger partial charge >= 0.3 is 0 Å². The molecule has 1 atom stereocenters. The zero-order valence-corrected chi connectivity index (χ0v) is 12.3. The first kappa shape index (κ1) is 14.3. The molecule has 4 heteroatoms. The van der Waals surface area contributed by atoms with Crippen molar-refractivity contribution in [3.05, 3.63) is 51.8 Å². The van der Waals surface area contributed by atoms with Crippen molar-refractivity contribution in [3.63, 3.8) is 0 Å². The normalized spacial score (nSPS) is 12.2. The molecule has 1 aromatic heterocycles. The van der Waals surface area contributed by atoms with Crippen LogP contribution >= 0.6 is 0 Å². The van der Waals surface area contributed by atoms with Gasteiger partial charge in [0, 0.05) is 24.2 Å². The predicted molar refractivity (Wildman–Crippen MR) is 81.0 cm³/mol. The molecule has 0 aliphatic carbocycles. The second-order valence-electron chi connectivity index (χ2n) is 5.03. The van der Waals surface area contributed by atoms with E-state index in [0.29, 0.717) is 5.56 Å². The van der Waals surface area contributed by atoms with Crippen molar-refractivity contribution in [1.29, 1.82) is 0 Å². The lowest BCUT2D eigenvalue weighted by Crippen LogP contribution is -2.26. The second kappa shape index (κ2) is 5.51. The molecule has 0 aliphatic heterocycles. The molecule has 0 amide bonds. The number of benzene rings is 1. The molecular weight excluding hydrogens is 252 g/mol. The summed E-state index contributed by atoms with van der Waals surface area (Å²) in [5.41, 5.74) is 9.20. The minimum absolute atomic E-state index is 0.0685. The summed E-state index contributed by atoms with van der Waals surface area (Å²) in [7, 11) is 3.38. The molecule has 2 rings (SSSR count). The van der Waals surface area contributed by atoms with E-state index in [1.54, 1.807) is 24.8 Å². The van der Waals surface area contributed by atoms with Gasteiger partial charge in [0.25, 0.3) is 5.56 Å². The van der Waals surface area contributed by atoms with Gasteiger partial charge in [-0.1, -0.05) is 11.6 Å². The van der Waals surface area contributed by atoms with Gasteiger partial charge in [-0.05, 0) is 38.1 Å². The van der Waals surface area contributed by atoms with Gasteiger partial charge in [0.1, 0.15) is 5.75 Å². The van der Waals surface area contributed by atoms with Crippen molar-refractivity contribution in [2.24, 2.45) is 12.8 Å². The topological polar surface area (TPSA) is 57.2 Å². The smallest absolute Gasteiger partial charge is 0.255 e. The number of nitrogens with two attached hydrogens (primary N) is 1. The van der Waals surface area contributed by atoms with E-state index in [1.807, 2.05) is 38.1 Å². The first-order valence-electron chi connectivity index (χ1n) is 6.56. The van der Waals surface area contributed by atoms with Gasteiger partial charge < -0.3 is 15.0 Å². The molecule has 0 saturated heterocycles. The number of aromatic nitrogens is 1. The van der Waals surface area contributed by atoms with Gasteiger partial charge in [0.05, 0.1) is 12.8 Å². The van der Waals surface area contributed by atoms with E-state index in [-0.39, 0.29) is 11.6 Å². The summed E-state index contributed by atoms with van der Waals surface area (Å²) in [6.07, 6.45) is 0. The van der Waals surface area contributed by atoms with Crippen LogP contribution in [-0.4, -0.2) is 11.7 Å². The molecule has 20 heavy (non-hydrogen) atoms. The average Bonchev–Trinajstić information content (AvgIpc) is 2.41. The number of pyridine rings is 1. The summed E-state index contributed by atoms with van der Waals surface area (Å²) >= 11 is 0. The van der Waals surface area contributed by atoms with Crippen molar-refractivity contribution in [1.82, 2.24) is 4.57 Å². The van der Waals surface area contributed by atoms with Gasteiger partial charge in [-0.25, -0.2) is 0 Å². The molecule has 0 radical (unpaired) electrons. The third kappa shape index (κ3) is 2.47. The van der Waals surface area contributed by atoms with E-state index in [0.717, 1.165) is 22.6 Å². The molecular formula is C16H20N2O2. The Labute approximate surface area is 118 Å². The van der Waals surface area contributed by atoms with Crippen LogP contribution in [0.4, 0.5) is 0 Å². The third-order valence-electron chi connectivity index (χ3n) is 3.46. The third-order valence-corrected chi connectivity index (χ3v) is 3.46. The van der Waals surface area contributed by atoms with Crippen molar-refractivity contribution < 1.29 is 4.74 Å². The zero-order chi connectivity index (χ0) is 14.9. The van der Waals surface area contributed by atoms with E-state index < -0.39 is 0 Å². The number of aryl methyl sites for hydroxylation is 1. The van der Waals surface area contributed by atoms with Crippen LogP contribution < -0.4 is 16.0 Å². The quantitative estimate of drug-likeness (QED) is 0.933. The monoisotopic (exact) mass is 272 g/mol. The Morgan fingerprint density at radius 1 is 1.25 bits per heavy atom. The van der Waals surface area contributed by atoms with E-state index in [4.69, 9.17) is 10.5 Å². The Hall–Kier alpha value is -2.07. The maximum atomic E-state index is 12.3. The van der Waals surface area contributed by atoms with Gasteiger partial charge in [-0.3, -0.25) is 4.79 Å². The van der Waals surface area contributed by atoms with Crippen LogP contribution in [0.5, 0.6) is 5.75 Å². The predicted octanol–water partition coefficient (Wildman–Crippen LogP) is 2.39. The van der Waals surface area contributed by atoms with Gasteiger partial charge in [0.2, 0.25) is 0 Å². The highest BCUT2D eigenvalue weighted by molar-refractivity contribution is 5.68. The lowest BCUT2D eigenvalue weighted by atomic mass is 10.0. The lowest BCUT2D eigenvalue weighted by Gasteiger charge is -2.15. The molecule has 2 N–H and O–H groups in total. The highest BCUT2D eigenvalue weighted by Crippen LogP contribution is 2.30. The number of ether oxygens (including phenoxy) is 1. The van der Waals surface area contributed by atoms with Gasteiger partial charge in [-0.2, -0.15) is 0 Å². The molecule has 4 nitrogen and oxygen atoms in total. The van der Waals surface area contributed by atoms with Gasteiger partial charge in [-0.15, -0.1) is 0 Å². The average molecular weight is 272 g/mol. The number of hydrogen-bond acceptors (Lipinski definition) is 3. The highest BCUT2D eigenvalue weighted by Gasteiger charge is 2.13. The molecule has 0 spiro atoms. The first-order chi connectivity index (χ1) is 9.45. The Balaban J connectivity index is 2.68. The minimum atomic E-state index is -0.276. The molecule has 2 aromatic rings. The summed E-state index contributed by atoms with van der Waals surface area (Å²) in [5, 5.41) is 0. The van der Waals surface area contributed by atoms with E-state index in [9.17, 15) is 4.79 Å². The number of nitrogens with zero attached hydrogens (tertiary/aromatic N) is 1. The molecule has 0 bridgehead atoms. The minimum Gasteiger partial charge on any atom is -0.496 e. The molecule has 1 unspecified atom stereocenters. The summed E-state index contributed by atoms with van der Waals surface area (Å²) in [6, 6.07) is 9.34. The molecule has 0 saturated carbocycles. The summed E-state index contributed by atoms with van der Waals surface area (Å²) in [4.78, 5) is 12.3. The maximum Gasteiger partial charge on any atom is 0.255 e. The fourth-order valence-corrected chi connectivity index (χ4v) is 2.29. The fourth-order valence-electron chi connectivity index (χ4n) is 2.29. The lowest BCUT2D eigenvalue weighted by molar-refractivity contribution is 0.416. The van der Waals surface area contributed by atoms with Crippen molar-refractivity contribution in [2.45, 2.75) is 19.9 Å². The van der Waals surface area contributed by atoms with E-state index in [1.165, 1.54) is 0 Å². The Morgan fingerprint density at radius 3 is 2.55 bits per heavy atom. The van der Waals surface area contributed by atoms with Crippen molar-refractivity contribution in [2.75, 3.05) is 7.11 Å². The Kier molecular flexibility index (Phi) is 3.95. The van der Waals surface area contributed by atoms with Crippen LogP contribution in [0.25, 0.3) is 11.3 Å². The molecule has 0 aliphatic rings. The molecule has 106 valence electrons. The van der Waals surface area contributed by atoms with Crippen LogP contribution in [0.1, 0.15) is 24.1 Å². The van der Waals surface area contributed by atoms with Crippen molar-refractivity contribution >= 4 is 0 Å². The van der Waals surface area contributed by atoms with Crippen LogP contribution in [-0.2, 0) is 7.05 Å². The molecule has 0 fully saturated rings. The summed E-state index contributed by atoms with van der Waals surface area (Å²) in [6.45, 7) is 3.82. The highest BCUT2D eigenvalue weighted by atomic mass is 16.5. The van der Waals surface area contributed by atoms with Crippen LogP contribution in [0.2, 0.25) is 0 Å². The molecule has 1 heterocycles. The summed E-state index contributed by atoms with van der Waals surface area (Å²) < 4.78 is 7.01. The van der Waals surface area contributed by atoms with Crippen molar-refractivity contribution in [3.8, 4) is 17.0 Å². The van der Waals surface area contributed by atoms with Crippen LogP contribution in [0, 0.1) is 6.92 Å². The maximum absolute atomic E-state index is 12.3. The molecule has 1 aromatic carbocycles. The Morgan fingerprint density at radius 2 is 1.95 bits per heavy atom. The van der Waals surface area contributed by atoms with E-state index >= 15 is 0 Å². The van der Waals surface area contributed by atoms with Crippen LogP contribution in [0.3, 0.4) is 0 Å². The van der Waals surface area contributed by atoms with Crippen LogP contribution in [0.15, 0.2) is 35.1 Å². The van der Waals surface area contributed by atoms with Gasteiger partial charge in [0.15, 0.2) is 0 Å². The number of hydrogen-bond donors (Lipinski definition) is 1. The Bertz CT molecular complexity index is 687. The zero-order valence-electron chi connectivity index (χ0n) is 12.3. The first-order valence-corrected chi connectivity index (χ1v) is 6.56. The standard InChI is InChI=1S/C16H20N2O2/c1-10-5-8-15(20-4)13(9-10)14-7-6-12(11(2)17)16(19)18(14)3/h5-9,11H,17H2,1-4H3. The number of rotatable bonds is 3.